The predicted octanol–water partition coefficient (Wildman–Crippen LogP) is 0.0134. The summed E-state index contributed by atoms with van der Waals surface area (Å²) in [6.45, 7) is 3.94. The Morgan fingerprint density at radius 2 is 1.41 bits per heavy atom. The summed E-state index contributed by atoms with van der Waals surface area (Å²) < 4.78 is 19.8. The quantitative estimate of drug-likeness (QED) is 0.509. The van der Waals surface area contributed by atoms with Gasteiger partial charge in [-0.2, -0.15) is 0 Å². The monoisotopic (exact) mass is 262 g/mol. The minimum absolute atomic E-state index is 0.103. The first-order valence-electron chi connectivity index (χ1n) is 5.03. The molecule has 0 amide bonds. The van der Waals surface area contributed by atoms with Crippen molar-refractivity contribution in [3.63, 3.8) is 0 Å². The minimum Gasteiger partial charge on any atom is -0.455 e. The second-order valence-electron chi connectivity index (χ2n) is 3.62. The lowest BCUT2D eigenvalue weighted by Gasteiger charge is -2.25. The summed E-state index contributed by atoms with van der Waals surface area (Å²) in [4.78, 5) is 33.0. The predicted molar refractivity (Wildman–Crippen MR) is 55.6 cm³/mol. The van der Waals surface area contributed by atoms with Crippen LogP contribution in [0.15, 0.2) is 0 Å². The molecular formula is C9H14O7Si. The van der Waals surface area contributed by atoms with Crippen LogP contribution in [0.5, 0.6) is 0 Å². The Morgan fingerprint density at radius 1 is 1.06 bits per heavy atom. The fraction of sp³-hybridized carbons (Fsp3) is 0.667. The maximum atomic E-state index is 11.0. The van der Waals surface area contributed by atoms with Crippen molar-refractivity contribution in [2.75, 3.05) is 6.61 Å². The largest absolute Gasteiger partial charge is 0.707 e. The molecule has 8 heteroatoms. The molecule has 1 atom stereocenters. The number of ether oxygens (including phenoxy) is 1. The molecule has 1 unspecified atom stereocenters. The van der Waals surface area contributed by atoms with Gasteiger partial charge in [0, 0.05) is 20.8 Å². The van der Waals surface area contributed by atoms with Crippen molar-refractivity contribution in [1.82, 2.24) is 0 Å². The summed E-state index contributed by atoms with van der Waals surface area (Å²) in [5, 5.41) is 0. The lowest BCUT2D eigenvalue weighted by Crippen LogP contribution is -2.50. The first-order valence-corrected chi connectivity index (χ1v) is 6.96. The fourth-order valence-corrected chi connectivity index (χ4v) is 3.79. The molecule has 1 heterocycles. The molecule has 1 aliphatic rings. The highest BCUT2D eigenvalue weighted by Gasteiger charge is 2.56. The Balaban J connectivity index is 2.83. The number of carbonyl (C=O) groups excluding carboxylic acids is 3. The topological polar surface area (TPSA) is 91.4 Å². The second-order valence-corrected chi connectivity index (χ2v) is 6.01. The minimum atomic E-state index is -3.66. The first-order chi connectivity index (χ1) is 7.83. The van der Waals surface area contributed by atoms with Gasteiger partial charge in [0.05, 0.1) is 18.8 Å². The van der Waals surface area contributed by atoms with Crippen LogP contribution < -0.4 is 0 Å². The number of carbonyl (C=O) groups is 3. The van der Waals surface area contributed by atoms with Crippen molar-refractivity contribution in [2.45, 2.75) is 32.9 Å². The third-order valence-electron chi connectivity index (χ3n) is 1.78. The van der Waals surface area contributed by atoms with E-state index in [-0.39, 0.29) is 12.1 Å². The van der Waals surface area contributed by atoms with Gasteiger partial charge in [-0.25, -0.2) is 0 Å². The Kier molecular flexibility index (Phi) is 4.24. The summed E-state index contributed by atoms with van der Waals surface area (Å²) in [6, 6.07) is 0.103. The van der Waals surface area contributed by atoms with Gasteiger partial charge in [-0.05, 0) is 0 Å². The van der Waals surface area contributed by atoms with Crippen LogP contribution in [0, 0.1) is 0 Å². The van der Waals surface area contributed by atoms with Crippen LogP contribution in [-0.2, 0) is 32.4 Å². The molecule has 7 nitrogen and oxygen atoms in total. The van der Waals surface area contributed by atoms with Crippen LogP contribution in [-0.4, -0.2) is 39.4 Å². The van der Waals surface area contributed by atoms with Crippen LogP contribution in [0.1, 0.15) is 20.8 Å². The average Bonchev–Trinajstić information content (AvgIpc) is 2.82. The van der Waals surface area contributed by atoms with E-state index in [2.05, 4.69) is 0 Å². The maximum absolute atomic E-state index is 11.0. The molecular weight excluding hydrogens is 248 g/mol. The lowest BCUT2D eigenvalue weighted by molar-refractivity contribution is -0.147. The molecule has 0 aliphatic carbocycles. The van der Waals surface area contributed by atoms with Gasteiger partial charge in [0.2, 0.25) is 0 Å². The summed E-state index contributed by atoms with van der Waals surface area (Å²) in [6.07, 6.45) is -0.195. The van der Waals surface area contributed by atoms with Crippen LogP contribution in [0.2, 0.25) is 6.04 Å². The Labute approximate surface area is 99.3 Å². The highest BCUT2D eigenvalue weighted by Crippen LogP contribution is 2.26. The van der Waals surface area contributed by atoms with E-state index < -0.39 is 26.7 Å². The highest BCUT2D eigenvalue weighted by molar-refractivity contribution is 6.65. The fourth-order valence-electron chi connectivity index (χ4n) is 1.31. The van der Waals surface area contributed by atoms with Crippen LogP contribution >= 0.6 is 0 Å². The van der Waals surface area contributed by atoms with E-state index >= 15 is 0 Å². The summed E-state index contributed by atoms with van der Waals surface area (Å²) >= 11 is 0. The van der Waals surface area contributed by atoms with Crippen LogP contribution in [0.3, 0.4) is 0 Å². The standard InChI is InChI=1S/C9H14O7Si/c1-6(10)14-17(15-7(2)11,16-8(3)12)5-9-4-13-9/h9H,4-5H2,1-3H3. The van der Waals surface area contributed by atoms with Gasteiger partial charge >= 0.3 is 8.80 Å². The van der Waals surface area contributed by atoms with E-state index in [1.54, 1.807) is 0 Å². The van der Waals surface area contributed by atoms with Crippen molar-refractivity contribution in [2.24, 2.45) is 0 Å². The number of epoxide rings is 1. The van der Waals surface area contributed by atoms with Gasteiger partial charge < -0.3 is 18.0 Å². The number of hydrogen-bond donors (Lipinski definition) is 0. The van der Waals surface area contributed by atoms with Gasteiger partial charge in [0.1, 0.15) is 0 Å². The van der Waals surface area contributed by atoms with Crippen molar-refractivity contribution >= 4 is 26.7 Å². The van der Waals surface area contributed by atoms with E-state index in [1.165, 1.54) is 0 Å². The van der Waals surface area contributed by atoms with E-state index in [4.69, 9.17) is 18.0 Å². The highest BCUT2D eigenvalue weighted by atomic mass is 28.4. The summed E-state index contributed by atoms with van der Waals surface area (Å²) in [5.74, 6) is -2.00. The molecule has 0 saturated carbocycles. The molecule has 1 fully saturated rings. The molecule has 1 saturated heterocycles. The van der Waals surface area contributed by atoms with E-state index in [0.717, 1.165) is 20.8 Å². The Hall–Kier alpha value is -1.41. The molecule has 1 aliphatic heterocycles. The molecule has 17 heavy (non-hydrogen) atoms. The summed E-state index contributed by atoms with van der Waals surface area (Å²) in [5.41, 5.74) is 0. The Morgan fingerprint density at radius 3 is 1.65 bits per heavy atom. The van der Waals surface area contributed by atoms with Gasteiger partial charge in [0.15, 0.2) is 0 Å². The number of rotatable bonds is 5. The number of hydrogen-bond acceptors (Lipinski definition) is 7. The first kappa shape index (κ1) is 13.7. The zero-order valence-electron chi connectivity index (χ0n) is 9.85. The zero-order valence-corrected chi connectivity index (χ0v) is 10.8. The maximum Gasteiger partial charge on any atom is 0.707 e. The normalized spacial score (nSPS) is 18.2. The molecule has 0 spiro atoms. The zero-order chi connectivity index (χ0) is 13.1. The lowest BCUT2D eigenvalue weighted by atomic mass is 10.6. The second kappa shape index (κ2) is 5.28. The van der Waals surface area contributed by atoms with Crippen molar-refractivity contribution in [1.29, 1.82) is 0 Å². The van der Waals surface area contributed by atoms with Gasteiger partial charge in [0.25, 0.3) is 17.9 Å². The molecule has 0 aromatic rings. The van der Waals surface area contributed by atoms with Crippen molar-refractivity contribution in [3.05, 3.63) is 0 Å². The van der Waals surface area contributed by atoms with E-state index in [1.807, 2.05) is 0 Å². The average molecular weight is 262 g/mol. The van der Waals surface area contributed by atoms with Gasteiger partial charge in [-0.3, -0.25) is 14.4 Å². The Bertz CT molecular complexity index is 295. The van der Waals surface area contributed by atoms with Gasteiger partial charge in [-0.15, -0.1) is 0 Å². The third kappa shape index (κ3) is 4.96. The molecule has 0 radical (unpaired) electrons. The molecule has 0 aromatic carbocycles. The van der Waals surface area contributed by atoms with Gasteiger partial charge in [-0.1, -0.05) is 0 Å². The van der Waals surface area contributed by atoms with E-state index in [9.17, 15) is 14.4 Å². The molecule has 96 valence electrons. The molecule has 0 N–H and O–H groups in total. The van der Waals surface area contributed by atoms with E-state index in [0.29, 0.717) is 6.61 Å². The molecule has 0 aromatic heterocycles. The molecule has 1 rings (SSSR count). The van der Waals surface area contributed by atoms with Crippen LogP contribution in [0.4, 0.5) is 0 Å². The van der Waals surface area contributed by atoms with Crippen molar-refractivity contribution < 1.29 is 32.4 Å². The smallest absolute Gasteiger partial charge is 0.455 e. The summed E-state index contributed by atoms with van der Waals surface area (Å²) in [7, 11) is -3.66. The SMILES string of the molecule is CC(=O)O[Si](CC1CO1)(OC(C)=O)OC(C)=O. The van der Waals surface area contributed by atoms with Crippen molar-refractivity contribution in [3.8, 4) is 0 Å². The van der Waals surface area contributed by atoms with Crippen LogP contribution in [0.25, 0.3) is 0 Å². The molecule has 0 bridgehead atoms. The third-order valence-corrected chi connectivity index (χ3v) is 4.53.